The molecule has 22 heavy (non-hydrogen) atoms. The fraction of sp³-hybridized carbons (Fsp3) is 0.950. The Hall–Kier alpha value is -0.530. The SMILES string of the molecule is CC(C)(C)CC(C)(C(=O)OCCC1CCCCC1)C(C)(C)C. The molecule has 0 aromatic rings. The third-order valence-corrected chi connectivity index (χ3v) is 5.47. The van der Waals surface area contributed by atoms with Gasteiger partial charge in [0, 0.05) is 0 Å². The van der Waals surface area contributed by atoms with E-state index in [1.165, 1.54) is 32.1 Å². The molecule has 2 nitrogen and oxygen atoms in total. The minimum absolute atomic E-state index is 0.00858. The molecule has 1 rings (SSSR count). The van der Waals surface area contributed by atoms with Crippen molar-refractivity contribution >= 4 is 5.97 Å². The average molecular weight is 311 g/mol. The maximum absolute atomic E-state index is 12.8. The quantitative estimate of drug-likeness (QED) is 0.583. The summed E-state index contributed by atoms with van der Waals surface area (Å²) in [5.41, 5.74) is -0.412. The van der Waals surface area contributed by atoms with Crippen molar-refractivity contribution in [2.75, 3.05) is 6.61 Å². The van der Waals surface area contributed by atoms with Crippen LogP contribution in [0.3, 0.4) is 0 Å². The van der Waals surface area contributed by atoms with Crippen LogP contribution in [0.4, 0.5) is 0 Å². The Labute approximate surface area is 138 Å². The largest absolute Gasteiger partial charge is 0.465 e. The van der Waals surface area contributed by atoms with Crippen molar-refractivity contribution in [3.63, 3.8) is 0 Å². The molecule has 0 bridgehead atoms. The first-order chi connectivity index (χ1) is 9.96. The number of hydrogen-bond acceptors (Lipinski definition) is 2. The number of esters is 1. The molecule has 1 fully saturated rings. The second kappa shape index (κ2) is 7.36. The Morgan fingerprint density at radius 3 is 1.95 bits per heavy atom. The number of carbonyl (C=O) groups is 1. The van der Waals surface area contributed by atoms with Gasteiger partial charge in [0.15, 0.2) is 0 Å². The van der Waals surface area contributed by atoms with Gasteiger partial charge < -0.3 is 4.74 Å². The zero-order valence-corrected chi connectivity index (χ0v) is 16.1. The van der Waals surface area contributed by atoms with Crippen LogP contribution < -0.4 is 0 Å². The average Bonchev–Trinajstić information content (AvgIpc) is 2.36. The zero-order valence-electron chi connectivity index (χ0n) is 16.1. The van der Waals surface area contributed by atoms with Gasteiger partial charge in [-0.25, -0.2) is 0 Å². The van der Waals surface area contributed by atoms with Crippen LogP contribution in [0.15, 0.2) is 0 Å². The number of ether oxygens (including phenoxy) is 1. The zero-order chi connectivity index (χ0) is 17.0. The van der Waals surface area contributed by atoms with Gasteiger partial charge in [0.05, 0.1) is 12.0 Å². The van der Waals surface area contributed by atoms with E-state index in [2.05, 4.69) is 48.5 Å². The van der Waals surface area contributed by atoms with Crippen LogP contribution >= 0.6 is 0 Å². The third-order valence-electron chi connectivity index (χ3n) is 5.47. The van der Waals surface area contributed by atoms with E-state index in [1.807, 2.05) is 0 Å². The number of hydrogen-bond donors (Lipinski definition) is 0. The summed E-state index contributed by atoms with van der Waals surface area (Å²) in [5, 5.41) is 0. The van der Waals surface area contributed by atoms with E-state index >= 15 is 0 Å². The summed E-state index contributed by atoms with van der Waals surface area (Å²) in [4.78, 5) is 12.8. The van der Waals surface area contributed by atoms with Gasteiger partial charge in [-0.1, -0.05) is 73.6 Å². The van der Waals surface area contributed by atoms with Gasteiger partial charge in [0.2, 0.25) is 0 Å². The highest BCUT2D eigenvalue weighted by Gasteiger charge is 2.47. The standard InChI is InChI=1S/C20H38O2/c1-18(2,3)15-20(7,19(4,5)6)17(21)22-14-13-16-11-9-8-10-12-16/h16H,8-15H2,1-7H3. The van der Waals surface area contributed by atoms with Gasteiger partial charge in [0.1, 0.15) is 0 Å². The topological polar surface area (TPSA) is 26.3 Å². The molecule has 0 radical (unpaired) electrons. The van der Waals surface area contributed by atoms with Gasteiger partial charge in [0.25, 0.3) is 0 Å². The summed E-state index contributed by atoms with van der Waals surface area (Å²) < 4.78 is 5.74. The molecule has 0 saturated heterocycles. The molecule has 0 aliphatic heterocycles. The second-order valence-electron chi connectivity index (χ2n) is 9.75. The fourth-order valence-corrected chi connectivity index (χ4v) is 3.66. The predicted octanol–water partition coefficient (Wildman–Crippen LogP) is 5.99. The first kappa shape index (κ1) is 19.5. The predicted molar refractivity (Wildman–Crippen MR) is 93.8 cm³/mol. The van der Waals surface area contributed by atoms with Crippen molar-refractivity contribution in [1.29, 1.82) is 0 Å². The molecular formula is C20H38O2. The van der Waals surface area contributed by atoms with E-state index in [4.69, 9.17) is 4.74 Å². The van der Waals surface area contributed by atoms with Crippen molar-refractivity contribution in [3.05, 3.63) is 0 Å². The molecule has 0 amide bonds. The Balaban J connectivity index is 2.60. The lowest BCUT2D eigenvalue weighted by atomic mass is 9.61. The Bertz CT molecular complexity index is 353. The van der Waals surface area contributed by atoms with Crippen molar-refractivity contribution in [2.45, 2.75) is 93.4 Å². The second-order valence-corrected chi connectivity index (χ2v) is 9.75. The van der Waals surface area contributed by atoms with E-state index in [0.717, 1.165) is 18.8 Å². The monoisotopic (exact) mass is 310 g/mol. The molecule has 1 unspecified atom stereocenters. The van der Waals surface area contributed by atoms with Gasteiger partial charge >= 0.3 is 5.97 Å². The summed E-state index contributed by atoms with van der Waals surface area (Å²) in [7, 11) is 0. The van der Waals surface area contributed by atoms with E-state index in [1.54, 1.807) is 0 Å². The third kappa shape index (κ3) is 5.59. The minimum Gasteiger partial charge on any atom is -0.465 e. The van der Waals surface area contributed by atoms with Gasteiger partial charge in [-0.15, -0.1) is 0 Å². The molecule has 0 N–H and O–H groups in total. The van der Waals surface area contributed by atoms with Crippen LogP contribution in [0, 0.1) is 22.2 Å². The van der Waals surface area contributed by atoms with Crippen molar-refractivity contribution in [1.82, 2.24) is 0 Å². The van der Waals surface area contributed by atoms with Crippen molar-refractivity contribution in [2.24, 2.45) is 22.2 Å². The van der Waals surface area contributed by atoms with Crippen LogP contribution in [0.25, 0.3) is 0 Å². The Morgan fingerprint density at radius 2 is 1.50 bits per heavy atom. The van der Waals surface area contributed by atoms with Crippen LogP contribution in [-0.2, 0) is 9.53 Å². The maximum Gasteiger partial charge on any atom is 0.312 e. The van der Waals surface area contributed by atoms with Gasteiger partial charge in [-0.2, -0.15) is 0 Å². The summed E-state index contributed by atoms with van der Waals surface area (Å²) in [6.45, 7) is 15.7. The molecule has 0 spiro atoms. The van der Waals surface area contributed by atoms with Crippen molar-refractivity contribution < 1.29 is 9.53 Å². The molecule has 130 valence electrons. The van der Waals surface area contributed by atoms with E-state index in [9.17, 15) is 4.79 Å². The number of carbonyl (C=O) groups excluding carboxylic acids is 1. The lowest BCUT2D eigenvalue weighted by molar-refractivity contribution is -0.165. The molecule has 0 heterocycles. The maximum atomic E-state index is 12.8. The molecule has 1 saturated carbocycles. The molecular weight excluding hydrogens is 272 g/mol. The van der Waals surface area contributed by atoms with Crippen molar-refractivity contribution in [3.8, 4) is 0 Å². The number of rotatable bonds is 5. The van der Waals surface area contributed by atoms with Crippen LogP contribution in [0.5, 0.6) is 0 Å². The first-order valence-electron chi connectivity index (χ1n) is 9.13. The summed E-state index contributed by atoms with van der Waals surface area (Å²) in [6.07, 6.45) is 8.61. The van der Waals surface area contributed by atoms with E-state index in [0.29, 0.717) is 6.61 Å². The molecule has 2 heteroatoms. The van der Waals surface area contributed by atoms with Gasteiger partial charge in [-0.3, -0.25) is 4.79 Å². The van der Waals surface area contributed by atoms with E-state index in [-0.39, 0.29) is 16.8 Å². The minimum atomic E-state index is -0.433. The molecule has 1 aliphatic rings. The Kier molecular flexibility index (Phi) is 6.53. The molecule has 1 atom stereocenters. The smallest absolute Gasteiger partial charge is 0.312 e. The van der Waals surface area contributed by atoms with Crippen LogP contribution in [0.1, 0.15) is 93.4 Å². The molecule has 1 aliphatic carbocycles. The lowest BCUT2D eigenvalue weighted by Gasteiger charge is -2.43. The van der Waals surface area contributed by atoms with Crippen LogP contribution in [0.2, 0.25) is 0 Å². The Morgan fingerprint density at radius 1 is 0.955 bits per heavy atom. The normalized spacial score (nSPS) is 20.5. The highest BCUT2D eigenvalue weighted by molar-refractivity contribution is 5.77. The summed E-state index contributed by atoms with van der Waals surface area (Å²) in [5.74, 6) is 0.760. The highest BCUT2D eigenvalue weighted by Crippen LogP contribution is 2.47. The molecule has 0 aromatic carbocycles. The lowest BCUT2D eigenvalue weighted by Crippen LogP contribution is -2.44. The van der Waals surface area contributed by atoms with Crippen LogP contribution in [-0.4, -0.2) is 12.6 Å². The first-order valence-corrected chi connectivity index (χ1v) is 9.13. The van der Waals surface area contributed by atoms with E-state index < -0.39 is 5.41 Å². The summed E-state index contributed by atoms with van der Waals surface area (Å²) in [6, 6.07) is 0. The highest BCUT2D eigenvalue weighted by atomic mass is 16.5. The molecule has 0 aromatic heterocycles. The summed E-state index contributed by atoms with van der Waals surface area (Å²) >= 11 is 0. The fourth-order valence-electron chi connectivity index (χ4n) is 3.66. The van der Waals surface area contributed by atoms with Gasteiger partial charge in [-0.05, 0) is 36.5 Å².